The molecule has 0 aromatic heterocycles. The van der Waals surface area contributed by atoms with E-state index in [1.165, 1.54) is 26.2 Å². The molecule has 2 saturated heterocycles. The van der Waals surface area contributed by atoms with Crippen molar-refractivity contribution in [3.05, 3.63) is 0 Å². The summed E-state index contributed by atoms with van der Waals surface area (Å²) in [5.74, 6) is 6.06. The molecule has 0 amide bonds. The molecule has 0 unspecified atom stereocenters. The molecular formula is C11H19N3. The third-order valence-electron chi connectivity index (χ3n) is 3.09. The third-order valence-corrected chi connectivity index (χ3v) is 3.09. The van der Waals surface area contributed by atoms with Gasteiger partial charge >= 0.3 is 0 Å². The quantitative estimate of drug-likeness (QED) is 0.602. The third kappa shape index (κ3) is 2.27. The first-order chi connectivity index (χ1) is 6.90. The van der Waals surface area contributed by atoms with Gasteiger partial charge in [-0.1, -0.05) is 5.92 Å². The standard InChI is InChI=1S/C11H19N3/c1-2-3-6-13-9-11(10-13)14-7-4-12-5-8-14/h11-12H,4-10H2,1H3. The molecule has 0 bridgehead atoms. The Balaban J connectivity index is 1.67. The molecule has 2 rings (SSSR count). The first-order valence-corrected chi connectivity index (χ1v) is 5.47. The van der Waals surface area contributed by atoms with E-state index in [1.807, 2.05) is 6.92 Å². The summed E-state index contributed by atoms with van der Waals surface area (Å²) < 4.78 is 0. The lowest BCUT2D eigenvalue weighted by atomic mass is 10.1. The molecule has 0 aliphatic carbocycles. The SMILES string of the molecule is CC#CCN1CC(N2CCNCC2)C1. The summed E-state index contributed by atoms with van der Waals surface area (Å²) in [6.45, 7) is 10.1. The molecule has 3 nitrogen and oxygen atoms in total. The maximum absolute atomic E-state index is 3.39. The number of nitrogens with zero attached hydrogens (tertiary/aromatic N) is 2. The van der Waals surface area contributed by atoms with Crippen molar-refractivity contribution in [3.63, 3.8) is 0 Å². The highest BCUT2D eigenvalue weighted by atomic mass is 15.3. The van der Waals surface area contributed by atoms with Crippen LogP contribution >= 0.6 is 0 Å². The summed E-state index contributed by atoms with van der Waals surface area (Å²) in [5, 5.41) is 3.39. The minimum absolute atomic E-state index is 0.802. The fraction of sp³-hybridized carbons (Fsp3) is 0.818. The van der Waals surface area contributed by atoms with Gasteiger partial charge in [0.15, 0.2) is 0 Å². The van der Waals surface area contributed by atoms with Crippen molar-refractivity contribution in [1.29, 1.82) is 0 Å². The van der Waals surface area contributed by atoms with Gasteiger partial charge < -0.3 is 5.32 Å². The van der Waals surface area contributed by atoms with Crippen molar-refractivity contribution in [1.82, 2.24) is 15.1 Å². The molecule has 0 radical (unpaired) electrons. The van der Waals surface area contributed by atoms with Gasteiger partial charge in [0.2, 0.25) is 0 Å². The number of rotatable bonds is 2. The van der Waals surface area contributed by atoms with Gasteiger partial charge in [0.05, 0.1) is 6.54 Å². The Morgan fingerprint density at radius 2 is 2.00 bits per heavy atom. The van der Waals surface area contributed by atoms with Gasteiger partial charge in [-0.05, 0) is 6.92 Å². The number of likely N-dealkylation sites (tertiary alicyclic amines) is 1. The van der Waals surface area contributed by atoms with Crippen LogP contribution in [0.4, 0.5) is 0 Å². The van der Waals surface area contributed by atoms with Gasteiger partial charge in [-0.2, -0.15) is 0 Å². The van der Waals surface area contributed by atoms with E-state index in [2.05, 4.69) is 27.0 Å². The van der Waals surface area contributed by atoms with E-state index >= 15 is 0 Å². The summed E-state index contributed by atoms with van der Waals surface area (Å²) in [6.07, 6.45) is 0. The molecule has 14 heavy (non-hydrogen) atoms. The zero-order chi connectivity index (χ0) is 9.80. The summed E-state index contributed by atoms with van der Waals surface area (Å²) >= 11 is 0. The lowest BCUT2D eigenvalue weighted by molar-refractivity contribution is 0.0362. The summed E-state index contributed by atoms with van der Waals surface area (Å²) in [5.41, 5.74) is 0. The second-order valence-corrected chi connectivity index (χ2v) is 4.06. The van der Waals surface area contributed by atoms with Crippen LogP contribution in [0.5, 0.6) is 0 Å². The van der Waals surface area contributed by atoms with Crippen LogP contribution in [-0.4, -0.2) is 61.7 Å². The molecule has 0 aromatic rings. The number of hydrogen-bond donors (Lipinski definition) is 1. The predicted molar refractivity (Wildman–Crippen MR) is 58.1 cm³/mol. The average molecular weight is 193 g/mol. The Bertz CT molecular complexity index is 229. The molecule has 0 atom stereocenters. The molecule has 2 heterocycles. The molecule has 0 saturated carbocycles. The Hall–Kier alpha value is -0.560. The summed E-state index contributed by atoms with van der Waals surface area (Å²) in [4.78, 5) is 5.02. The molecular weight excluding hydrogens is 174 g/mol. The van der Waals surface area contributed by atoms with Gasteiger partial charge in [0.25, 0.3) is 0 Å². The first kappa shape index (κ1) is 9.97. The minimum atomic E-state index is 0.802. The van der Waals surface area contributed by atoms with Gasteiger partial charge in [0.1, 0.15) is 0 Å². The van der Waals surface area contributed by atoms with Crippen LogP contribution in [0, 0.1) is 11.8 Å². The van der Waals surface area contributed by atoms with E-state index in [9.17, 15) is 0 Å². The van der Waals surface area contributed by atoms with Crippen LogP contribution < -0.4 is 5.32 Å². The molecule has 1 N–H and O–H groups in total. The van der Waals surface area contributed by atoms with E-state index in [1.54, 1.807) is 0 Å². The maximum Gasteiger partial charge on any atom is 0.0602 e. The van der Waals surface area contributed by atoms with Crippen molar-refractivity contribution < 1.29 is 0 Å². The molecule has 0 aromatic carbocycles. The smallest absolute Gasteiger partial charge is 0.0602 e. The zero-order valence-corrected chi connectivity index (χ0v) is 8.92. The fourth-order valence-electron chi connectivity index (χ4n) is 2.14. The predicted octanol–water partition coefficient (Wildman–Crippen LogP) is -0.401. The lowest BCUT2D eigenvalue weighted by Gasteiger charge is -2.46. The second-order valence-electron chi connectivity index (χ2n) is 4.06. The topological polar surface area (TPSA) is 18.5 Å². The molecule has 2 aliphatic heterocycles. The normalized spacial score (nSPS) is 25.2. The minimum Gasteiger partial charge on any atom is -0.314 e. The molecule has 2 aliphatic rings. The van der Waals surface area contributed by atoms with Crippen molar-refractivity contribution in [2.24, 2.45) is 0 Å². The molecule has 3 heteroatoms. The van der Waals surface area contributed by atoms with Crippen LogP contribution in [-0.2, 0) is 0 Å². The Labute approximate surface area is 86.4 Å². The van der Waals surface area contributed by atoms with Crippen molar-refractivity contribution in [2.45, 2.75) is 13.0 Å². The van der Waals surface area contributed by atoms with E-state index < -0.39 is 0 Å². The lowest BCUT2D eigenvalue weighted by Crippen LogP contribution is -2.62. The van der Waals surface area contributed by atoms with Crippen LogP contribution in [0.1, 0.15) is 6.92 Å². The van der Waals surface area contributed by atoms with Crippen molar-refractivity contribution in [2.75, 3.05) is 45.8 Å². The molecule has 78 valence electrons. The highest BCUT2D eigenvalue weighted by Crippen LogP contribution is 2.14. The zero-order valence-electron chi connectivity index (χ0n) is 8.92. The largest absolute Gasteiger partial charge is 0.314 e. The van der Waals surface area contributed by atoms with E-state index in [-0.39, 0.29) is 0 Å². The van der Waals surface area contributed by atoms with Gasteiger partial charge in [0, 0.05) is 45.3 Å². The highest BCUT2D eigenvalue weighted by molar-refractivity contribution is 5.01. The van der Waals surface area contributed by atoms with Gasteiger partial charge in [-0.25, -0.2) is 0 Å². The van der Waals surface area contributed by atoms with Crippen molar-refractivity contribution in [3.8, 4) is 11.8 Å². The van der Waals surface area contributed by atoms with E-state index in [0.29, 0.717) is 0 Å². The Morgan fingerprint density at radius 1 is 1.29 bits per heavy atom. The monoisotopic (exact) mass is 193 g/mol. The number of hydrogen-bond acceptors (Lipinski definition) is 3. The first-order valence-electron chi connectivity index (χ1n) is 5.47. The van der Waals surface area contributed by atoms with Crippen molar-refractivity contribution >= 4 is 0 Å². The van der Waals surface area contributed by atoms with E-state index in [0.717, 1.165) is 25.7 Å². The summed E-state index contributed by atoms with van der Waals surface area (Å²) in [6, 6.07) is 0.802. The number of nitrogens with one attached hydrogen (secondary N) is 1. The molecule has 0 spiro atoms. The summed E-state index contributed by atoms with van der Waals surface area (Å²) in [7, 11) is 0. The number of piperazine rings is 1. The van der Waals surface area contributed by atoms with Crippen LogP contribution in [0.2, 0.25) is 0 Å². The van der Waals surface area contributed by atoms with Crippen LogP contribution in [0.3, 0.4) is 0 Å². The second kappa shape index (κ2) is 4.79. The Kier molecular flexibility index (Phi) is 3.41. The highest BCUT2D eigenvalue weighted by Gasteiger charge is 2.31. The molecule has 2 fully saturated rings. The average Bonchev–Trinajstić information content (AvgIpc) is 2.17. The fourth-order valence-corrected chi connectivity index (χ4v) is 2.14. The van der Waals surface area contributed by atoms with Crippen LogP contribution in [0.25, 0.3) is 0 Å². The van der Waals surface area contributed by atoms with E-state index in [4.69, 9.17) is 0 Å². The van der Waals surface area contributed by atoms with Gasteiger partial charge in [-0.15, -0.1) is 5.92 Å². The van der Waals surface area contributed by atoms with Crippen LogP contribution in [0.15, 0.2) is 0 Å². The van der Waals surface area contributed by atoms with Gasteiger partial charge in [-0.3, -0.25) is 9.80 Å². The maximum atomic E-state index is 3.39. The Morgan fingerprint density at radius 3 is 2.64 bits per heavy atom.